The first-order valence-corrected chi connectivity index (χ1v) is 17.2. The maximum absolute atomic E-state index is 13.5. The number of aromatic nitrogens is 1. The highest BCUT2D eigenvalue weighted by Gasteiger charge is 2.20. The van der Waals surface area contributed by atoms with Gasteiger partial charge in [0.2, 0.25) is 11.8 Å². The molecule has 6 rings (SSSR count). The van der Waals surface area contributed by atoms with Crippen molar-refractivity contribution in [3.63, 3.8) is 0 Å². The molecule has 0 spiro atoms. The van der Waals surface area contributed by atoms with Crippen LogP contribution >= 0.6 is 27.7 Å². The number of benzene rings is 5. The van der Waals surface area contributed by atoms with E-state index in [0.29, 0.717) is 34.8 Å². The summed E-state index contributed by atoms with van der Waals surface area (Å²) in [4.78, 5) is 45.2. The van der Waals surface area contributed by atoms with Gasteiger partial charge in [-0.1, -0.05) is 71.4 Å². The van der Waals surface area contributed by atoms with Crippen LogP contribution in [-0.2, 0) is 9.59 Å². The van der Waals surface area contributed by atoms with E-state index in [4.69, 9.17) is 4.42 Å². The first-order valence-electron chi connectivity index (χ1n) is 15.5. The molecule has 0 fully saturated rings. The zero-order valence-electron chi connectivity index (χ0n) is 26.4. The van der Waals surface area contributed by atoms with E-state index >= 15 is 0 Å². The lowest BCUT2D eigenvalue weighted by molar-refractivity contribution is -0.116. The second kappa shape index (κ2) is 15.6. The molecule has 0 saturated heterocycles. The lowest BCUT2D eigenvalue weighted by Crippen LogP contribution is -2.30. The highest BCUT2D eigenvalue weighted by atomic mass is 79.9. The van der Waals surface area contributed by atoms with Crippen LogP contribution in [0, 0.1) is 0 Å². The van der Waals surface area contributed by atoms with Crippen molar-refractivity contribution in [1.82, 2.24) is 10.3 Å². The third-order valence-electron chi connectivity index (χ3n) is 7.44. The fourth-order valence-corrected chi connectivity index (χ4v) is 6.19. The molecule has 10 heteroatoms. The number of hydrogen-bond acceptors (Lipinski definition) is 6. The number of thioether (sulfide) groups is 1. The number of hydrogen-bond donors (Lipinski definition) is 3. The van der Waals surface area contributed by atoms with Gasteiger partial charge in [-0.2, -0.15) is 0 Å². The van der Waals surface area contributed by atoms with Crippen LogP contribution in [0.5, 0.6) is 0 Å². The largest absolute Gasteiger partial charge is 0.436 e. The number of oxazole rings is 1. The Kier molecular flexibility index (Phi) is 10.7. The fraction of sp³-hybridized carbons (Fsp3) is 0.0769. The Bertz CT molecular complexity index is 2100. The molecule has 1 heterocycles. The number of nitrogens with one attached hydrogen (secondary N) is 3. The number of para-hydroxylation sites is 2. The van der Waals surface area contributed by atoms with Crippen LogP contribution in [0.3, 0.4) is 0 Å². The summed E-state index contributed by atoms with van der Waals surface area (Å²) in [6.07, 6.45) is 2.21. The van der Waals surface area contributed by atoms with Gasteiger partial charge < -0.3 is 20.4 Å². The molecule has 0 aliphatic carbocycles. The molecule has 3 amide bonds. The van der Waals surface area contributed by atoms with E-state index in [1.54, 1.807) is 36.4 Å². The van der Waals surface area contributed by atoms with E-state index in [9.17, 15) is 14.4 Å². The normalized spacial score (nSPS) is 11.9. The minimum atomic E-state index is -0.486. The van der Waals surface area contributed by atoms with Gasteiger partial charge in [0.25, 0.3) is 11.8 Å². The molecule has 0 radical (unpaired) electrons. The van der Waals surface area contributed by atoms with E-state index in [-0.39, 0.29) is 16.9 Å². The molecule has 5 aromatic carbocycles. The van der Waals surface area contributed by atoms with Crippen molar-refractivity contribution < 1.29 is 18.8 Å². The minimum absolute atomic E-state index is 0.0853. The molecular weight excluding hydrogens is 700 g/mol. The molecular formula is C39H31BrN4O4S. The summed E-state index contributed by atoms with van der Waals surface area (Å²) in [6.45, 7) is 1.95. The highest BCUT2D eigenvalue weighted by molar-refractivity contribution is 9.10. The molecule has 0 saturated carbocycles. The average Bonchev–Trinajstić information content (AvgIpc) is 3.56. The van der Waals surface area contributed by atoms with Crippen molar-refractivity contribution in [1.29, 1.82) is 0 Å². The maximum atomic E-state index is 13.5. The maximum Gasteiger partial charge on any atom is 0.272 e. The monoisotopic (exact) mass is 730 g/mol. The number of carbonyl (C=O) groups excluding carboxylic acids is 3. The molecule has 8 nitrogen and oxygen atoms in total. The number of nitrogens with zero attached hydrogens (tertiary/aromatic N) is 1. The lowest BCUT2D eigenvalue weighted by atomic mass is 10.1. The van der Waals surface area contributed by atoms with Gasteiger partial charge in [0.05, 0.1) is 5.25 Å². The Morgan fingerprint density at radius 3 is 2.29 bits per heavy atom. The lowest BCUT2D eigenvalue weighted by Gasteiger charge is -2.16. The average molecular weight is 732 g/mol. The first kappa shape index (κ1) is 33.5. The van der Waals surface area contributed by atoms with Gasteiger partial charge in [-0.3, -0.25) is 14.4 Å². The van der Waals surface area contributed by atoms with Gasteiger partial charge in [0.15, 0.2) is 5.58 Å². The van der Waals surface area contributed by atoms with E-state index < -0.39 is 11.8 Å². The predicted octanol–water partition coefficient (Wildman–Crippen LogP) is 9.18. The van der Waals surface area contributed by atoms with Gasteiger partial charge in [-0.25, -0.2) is 4.98 Å². The summed E-state index contributed by atoms with van der Waals surface area (Å²) >= 11 is 4.83. The molecule has 0 bridgehead atoms. The Hall–Kier alpha value is -5.45. The van der Waals surface area contributed by atoms with Crippen LogP contribution in [0.2, 0.25) is 0 Å². The Balaban J connectivity index is 1.12. The number of halogens is 1. The molecule has 49 heavy (non-hydrogen) atoms. The van der Waals surface area contributed by atoms with E-state index in [2.05, 4.69) is 36.9 Å². The molecule has 244 valence electrons. The standard InChI is InChI=1S/C39H31BrN4O4S/c1-2-35(38(47)41-29-21-17-27(18-22-29)39-44-32-13-6-7-14-34(32)48-39)49-31-12-8-11-30(24-31)42-37(46)33(23-25-15-19-28(40)20-16-25)43-36(45)26-9-4-3-5-10-26/h3-24,35H,2H2,1H3,(H,41,47)(H,42,46)(H,43,45)/b33-23-. The van der Waals surface area contributed by atoms with Crippen LogP contribution in [0.25, 0.3) is 28.6 Å². The summed E-state index contributed by atoms with van der Waals surface area (Å²) in [6, 6.07) is 38.3. The number of amides is 3. The van der Waals surface area contributed by atoms with Crippen molar-refractivity contribution in [2.75, 3.05) is 10.6 Å². The van der Waals surface area contributed by atoms with Gasteiger partial charge in [-0.05, 0) is 96.9 Å². The van der Waals surface area contributed by atoms with Crippen molar-refractivity contribution in [3.8, 4) is 11.5 Å². The molecule has 1 aromatic heterocycles. The number of fused-ring (bicyclic) bond motifs is 1. The third kappa shape index (κ3) is 8.72. The first-order chi connectivity index (χ1) is 23.8. The van der Waals surface area contributed by atoms with Crippen molar-refractivity contribution in [3.05, 3.63) is 149 Å². The van der Waals surface area contributed by atoms with Crippen molar-refractivity contribution in [2.45, 2.75) is 23.5 Å². The zero-order chi connectivity index (χ0) is 34.2. The van der Waals surface area contributed by atoms with Gasteiger partial charge >= 0.3 is 0 Å². The van der Waals surface area contributed by atoms with Gasteiger partial charge in [0.1, 0.15) is 11.2 Å². The van der Waals surface area contributed by atoms with Crippen LogP contribution < -0.4 is 16.0 Å². The second-order valence-corrected chi connectivity index (χ2v) is 13.2. The Morgan fingerprint density at radius 2 is 1.55 bits per heavy atom. The minimum Gasteiger partial charge on any atom is -0.436 e. The van der Waals surface area contributed by atoms with E-state index in [0.717, 1.165) is 26.0 Å². The molecule has 0 aliphatic heterocycles. The molecule has 1 unspecified atom stereocenters. The van der Waals surface area contributed by atoms with Gasteiger partial charge in [0, 0.05) is 31.9 Å². The number of rotatable bonds is 11. The summed E-state index contributed by atoms with van der Waals surface area (Å²) in [5, 5.41) is 8.28. The van der Waals surface area contributed by atoms with E-state index in [1.165, 1.54) is 11.8 Å². The zero-order valence-corrected chi connectivity index (χ0v) is 28.8. The molecule has 6 aromatic rings. The SMILES string of the molecule is CCC(Sc1cccc(NC(=O)/C(=C/c2ccc(Br)cc2)NC(=O)c2ccccc2)c1)C(=O)Nc1ccc(-c2nc3ccccc3o2)cc1. The summed E-state index contributed by atoms with van der Waals surface area (Å²) < 4.78 is 6.75. The van der Waals surface area contributed by atoms with Crippen LogP contribution in [-0.4, -0.2) is 28.0 Å². The predicted molar refractivity (Wildman–Crippen MR) is 199 cm³/mol. The molecule has 0 aliphatic rings. The van der Waals surface area contributed by atoms with Gasteiger partial charge in [-0.15, -0.1) is 11.8 Å². The molecule has 3 N–H and O–H groups in total. The molecule has 1 atom stereocenters. The summed E-state index contributed by atoms with van der Waals surface area (Å²) in [5.41, 5.74) is 4.75. The fourth-order valence-electron chi connectivity index (χ4n) is 4.91. The van der Waals surface area contributed by atoms with Crippen molar-refractivity contribution in [2.24, 2.45) is 0 Å². The second-order valence-electron chi connectivity index (χ2n) is 11.0. The third-order valence-corrected chi connectivity index (χ3v) is 9.32. The van der Waals surface area contributed by atoms with Crippen LogP contribution in [0.1, 0.15) is 29.3 Å². The Morgan fingerprint density at radius 1 is 0.816 bits per heavy atom. The number of anilines is 2. The van der Waals surface area contributed by atoms with Crippen molar-refractivity contribution >= 4 is 74.0 Å². The Labute approximate surface area is 296 Å². The number of carbonyl (C=O) groups is 3. The topological polar surface area (TPSA) is 113 Å². The summed E-state index contributed by atoms with van der Waals surface area (Å²) in [7, 11) is 0. The highest BCUT2D eigenvalue weighted by Crippen LogP contribution is 2.30. The van der Waals surface area contributed by atoms with E-state index in [1.807, 2.05) is 104 Å². The summed E-state index contributed by atoms with van der Waals surface area (Å²) in [5.74, 6) is -0.510. The smallest absolute Gasteiger partial charge is 0.272 e. The van der Waals surface area contributed by atoms with Crippen LogP contribution in [0.4, 0.5) is 11.4 Å². The van der Waals surface area contributed by atoms with Crippen LogP contribution in [0.15, 0.2) is 147 Å². The quantitative estimate of drug-likeness (QED) is 0.0905.